The first-order valence-corrected chi connectivity index (χ1v) is 6.08. The summed E-state index contributed by atoms with van der Waals surface area (Å²) in [5, 5.41) is 3.89. The van der Waals surface area contributed by atoms with E-state index in [1.165, 1.54) is 12.8 Å². The molecule has 1 aromatic rings. The first-order valence-electron chi connectivity index (χ1n) is 5.71. The molecule has 16 heavy (non-hydrogen) atoms. The number of rotatable bonds is 6. The van der Waals surface area contributed by atoms with Gasteiger partial charge in [0.15, 0.2) is 5.78 Å². The Morgan fingerprint density at radius 2 is 2.25 bits per heavy atom. The van der Waals surface area contributed by atoms with Crippen LogP contribution >= 0.6 is 11.6 Å². The van der Waals surface area contributed by atoms with Crippen LogP contribution < -0.4 is 5.32 Å². The maximum absolute atomic E-state index is 11.6. The Balaban J connectivity index is 1.73. The van der Waals surface area contributed by atoms with Gasteiger partial charge >= 0.3 is 0 Å². The summed E-state index contributed by atoms with van der Waals surface area (Å²) in [6, 6.07) is 7.48. The summed E-state index contributed by atoms with van der Waals surface area (Å²) in [7, 11) is 0. The molecule has 0 heterocycles. The topological polar surface area (TPSA) is 29.1 Å². The number of carbonyl (C=O) groups is 1. The molecule has 1 aliphatic rings. The monoisotopic (exact) mass is 237 g/mol. The highest BCUT2D eigenvalue weighted by atomic mass is 35.5. The van der Waals surface area contributed by atoms with E-state index in [4.69, 9.17) is 11.6 Å². The molecule has 0 amide bonds. The van der Waals surface area contributed by atoms with E-state index in [0.717, 1.165) is 18.0 Å². The molecule has 0 bridgehead atoms. The average molecular weight is 238 g/mol. The number of nitrogens with one attached hydrogen (secondary N) is 1. The summed E-state index contributed by atoms with van der Waals surface area (Å²) in [5.41, 5.74) is 0.991. The number of carbonyl (C=O) groups excluding carboxylic acids is 1. The predicted octanol–water partition coefficient (Wildman–Crippen LogP) is 2.45. The fraction of sp³-hybridized carbons (Fsp3) is 0.462. The van der Waals surface area contributed by atoms with Gasteiger partial charge in [-0.2, -0.15) is 0 Å². The van der Waals surface area contributed by atoms with Gasteiger partial charge in [0, 0.05) is 11.4 Å². The zero-order chi connectivity index (χ0) is 11.4. The Hall–Kier alpha value is -0.860. The maximum atomic E-state index is 11.6. The Bertz CT molecular complexity index is 374. The third-order valence-corrected chi connectivity index (χ3v) is 2.98. The van der Waals surface area contributed by atoms with Crippen LogP contribution in [0, 0.1) is 5.92 Å². The first kappa shape index (κ1) is 11.6. The van der Waals surface area contributed by atoms with Gasteiger partial charge in [0.05, 0.1) is 6.54 Å². The van der Waals surface area contributed by atoms with Crippen molar-refractivity contribution in [2.24, 2.45) is 5.92 Å². The lowest BCUT2D eigenvalue weighted by atomic mass is 10.1. The second-order valence-electron chi connectivity index (χ2n) is 4.42. The second-order valence-corrected chi connectivity index (χ2v) is 4.86. The Morgan fingerprint density at radius 3 is 2.94 bits per heavy atom. The lowest BCUT2D eigenvalue weighted by Gasteiger charge is -2.03. The number of hydrogen-bond donors (Lipinski definition) is 1. The van der Waals surface area contributed by atoms with Crippen molar-refractivity contribution in [2.45, 2.75) is 19.3 Å². The van der Waals surface area contributed by atoms with Crippen LogP contribution in [0.3, 0.4) is 0 Å². The van der Waals surface area contributed by atoms with Gasteiger partial charge in [0.1, 0.15) is 0 Å². The number of halogens is 1. The predicted molar refractivity (Wildman–Crippen MR) is 65.8 cm³/mol. The van der Waals surface area contributed by atoms with E-state index in [9.17, 15) is 4.79 Å². The average Bonchev–Trinajstić information content (AvgIpc) is 3.01. The van der Waals surface area contributed by atoms with E-state index in [-0.39, 0.29) is 5.78 Å². The minimum Gasteiger partial charge on any atom is -0.310 e. The van der Waals surface area contributed by atoms with Crippen LogP contribution in [0.5, 0.6) is 0 Å². The van der Waals surface area contributed by atoms with Crippen molar-refractivity contribution in [2.75, 3.05) is 13.1 Å². The normalized spacial score (nSPS) is 15.1. The van der Waals surface area contributed by atoms with E-state index < -0.39 is 0 Å². The first-order chi connectivity index (χ1) is 7.74. The summed E-state index contributed by atoms with van der Waals surface area (Å²) in [5.74, 6) is 1.04. The number of ketones is 1. The van der Waals surface area contributed by atoms with Gasteiger partial charge < -0.3 is 5.32 Å². The molecule has 1 aliphatic carbocycles. The summed E-state index contributed by atoms with van der Waals surface area (Å²) in [6.07, 6.45) is 3.10. The van der Waals surface area contributed by atoms with Crippen molar-refractivity contribution < 1.29 is 4.79 Å². The zero-order valence-electron chi connectivity index (χ0n) is 9.21. The number of hydrogen-bond acceptors (Lipinski definition) is 2. The van der Waals surface area contributed by atoms with Crippen LogP contribution in [0.15, 0.2) is 24.3 Å². The van der Waals surface area contributed by atoms with Crippen molar-refractivity contribution >= 4 is 17.4 Å². The molecule has 3 heteroatoms. The summed E-state index contributed by atoms with van der Waals surface area (Å²) < 4.78 is 0. The SMILES string of the molecule is O=C(CNCC1CC1)Cc1cccc(Cl)c1. The molecule has 0 aromatic heterocycles. The van der Waals surface area contributed by atoms with Crippen LogP contribution in [0.2, 0.25) is 5.02 Å². The van der Waals surface area contributed by atoms with E-state index in [0.29, 0.717) is 18.0 Å². The van der Waals surface area contributed by atoms with E-state index in [1.54, 1.807) is 0 Å². The molecule has 2 rings (SSSR count). The molecule has 0 spiro atoms. The zero-order valence-corrected chi connectivity index (χ0v) is 9.96. The van der Waals surface area contributed by atoms with Crippen LogP contribution in [0.25, 0.3) is 0 Å². The molecule has 1 saturated carbocycles. The molecule has 86 valence electrons. The number of Topliss-reactive ketones (excluding diaryl/α,β-unsaturated/α-hetero) is 1. The second kappa shape index (κ2) is 5.46. The molecule has 1 fully saturated rings. The highest BCUT2D eigenvalue weighted by Gasteiger charge is 2.20. The maximum Gasteiger partial charge on any atom is 0.150 e. The molecule has 0 atom stereocenters. The lowest BCUT2D eigenvalue weighted by Crippen LogP contribution is -2.26. The minimum atomic E-state index is 0.225. The van der Waals surface area contributed by atoms with Crippen molar-refractivity contribution in [3.05, 3.63) is 34.9 Å². The quantitative estimate of drug-likeness (QED) is 0.824. The van der Waals surface area contributed by atoms with Gasteiger partial charge in [0.25, 0.3) is 0 Å². The number of benzene rings is 1. The van der Waals surface area contributed by atoms with Crippen LogP contribution in [-0.4, -0.2) is 18.9 Å². The van der Waals surface area contributed by atoms with Crippen molar-refractivity contribution in [3.8, 4) is 0 Å². The van der Waals surface area contributed by atoms with Gasteiger partial charge in [-0.15, -0.1) is 0 Å². The van der Waals surface area contributed by atoms with Crippen LogP contribution in [0.1, 0.15) is 18.4 Å². The molecule has 0 aliphatic heterocycles. The lowest BCUT2D eigenvalue weighted by molar-refractivity contribution is -0.117. The van der Waals surface area contributed by atoms with Crippen molar-refractivity contribution in [1.82, 2.24) is 5.32 Å². The van der Waals surface area contributed by atoms with Crippen LogP contribution in [-0.2, 0) is 11.2 Å². The molecule has 0 saturated heterocycles. The largest absolute Gasteiger partial charge is 0.310 e. The standard InChI is InChI=1S/C13H16ClNO/c14-12-3-1-2-11(6-12)7-13(16)9-15-8-10-4-5-10/h1-3,6,10,15H,4-5,7-9H2. The van der Waals surface area contributed by atoms with Crippen molar-refractivity contribution in [1.29, 1.82) is 0 Å². The Labute approximate surface area is 101 Å². The molecule has 2 nitrogen and oxygen atoms in total. The fourth-order valence-corrected chi connectivity index (χ4v) is 1.89. The highest BCUT2D eigenvalue weighted by molar-refractivity contribution is 6.30. The third kappa shape index (κ3) is 3.95. The minimum absolute atomic E-state index is 0.225. The van der Waals surface area contributed by atoms with Crippen molar-refractivity contribution in [3.63, 3.8) is 0 Å². The molecule has 1 N–H and O–H groups in total. The van der Waals surface area contributed by atoms with E-state index in [1.807, 2.05) is 24.3 Å². The molecule has 1 aromatic carbocycles. The fourth-order valence-electron chi connectivity index (χ4n) is 1.67. The van der Waals surface area contributed by atoms with Gasteiger partial charge in [-0.3, -0.25) is 4.79 Å². The van der Waals surface area contributed by atoms with Gasteiger partial charge in [-0.25, -0.2) is 0 Å². The van der Waals surface area contributed by atoms with Crippen LogP contribution in [0.4, 0.5) is 0 Å². The Kier molecular flexibility index (Phi) is 3.97. The third-order valence-electron chi connectivity index (χ3n) is 2.74. The molecular weight excluding hydrogens is 222 g/mol. The molecular formula is C13H16ClNO. The summed E-state index contributed by atoms with van der Waals surface area (Å²) in [4.78, 5) is 11.6. The van der Waals surface area contributed by atoms with E-state index >= 15 is 0 Å². The van der Waals surface area contributed by atoms with E-state index in [2.05, 4.69) is 5.32 Å². The Morgan fingerprint density at radius 1 is 1.44 bits per heavy atom. The smallest absolute Gasteiger partial charge is 0.150 e. The summed E-state index contributed by atoms with van der Waals surface area (Å²) in [6.45, 7) is 1.46. The van der Waals surface area contributed by atoms with Gasteiger partial charge in [-0.05, 0) is 43.0 Å². The van der Waals surface area contributed by atoms with Gasteiger partial charge in [-0.1, -0.05) is 23.7 Å². The highest BCUT2D eigenvalue weighted by Crippen LogP contribution is 2.27. The molecule has 0 radical (unpaired) electrons. The van der Waals surface area contributed by atoms with Gasteiger partial charge in [0.2, 0.25) is 0 Å². The molecule has 0 unspecified atom stereocenters. The summed E-state index contributed by atoms with van der Waals surface area (Å²) >= 11 is 5.86.